The maximum atomic E-state index is 10.9. The number of ether oxygens (including phenoxy) is 1. The number of rotatable bonds is 5. The van der Waals surface area contributed by atoms with Crippen LogP contribution in [0.4, 0.5) is 0 Å². The number of aliphatic carboxylic acids is 1. The molecule has 100 valence electrons. The first-order valence-electron chi connectivity index (χ1n) is 6.12. The summed E-state index contributed by atoms with van der Waals surface area (Å²) in [6.07, 6.45) is 0.0484. The molecule has 0 heterocycles. The smallest absolute Gasteiger partial charge is 0.305 e. The van der Waals surface area contributed by atoms with Gasteiger partial charge in [0.15, 0.2) is 0 Å². The van der Waals surface area contributed by atoms with Crippen molar-refractivity contribution in [1.29, 1.82) is 0 Å². The van der Waals surface area contributed by atoms with Crippen molar-refractivity contribution >= 4 is 16.7 Å². The van der Waals surface area contributed by atoms with Crippen molar-refractivity contribution in [3.8, 4) is 5.75 Å². The minimum atomic E-state index is -0.820. The van der Waals surface area contributed by atoms with Crippen LogP contribution in [0.2, 0.25) is 0 Å². The fraction of sp³-hybridized carbons (Fsp3) is 0.267. The van der Waals surface area contributed by atoms with Gasteiger partial charge in [-0.25, -0.2) is 0 Å². The van der Waals surface area contributed by atoms with Crippen molar-refractivity contribution in [2.24, 2.45) is 0 Å². The molecule has 0 saturated heterocycles. The van der Waals surface area contributed by atoms with Gasteiger partial charge in [0, 0.05) is 11.4 Å². The summed E-state index contributed by atoms with van der Waals surface area (Å²) in [5.74, 6) is -0.0243. The van der Waals surface area contributed by atoms with Crippen LogP contribution in [0.3, 0.4) is 0 Å². The molecular formula is C15H17NO3. The minimum Gasteiger partial charge on any atom is -0.496 e. The Balaban J connectivity index is 2.57. The molecular weight excluding hydrogens is 242 g/mol. The summed E-state index contributed by atoms with van der Waals surface area (Å²) >= 11 is 0. The van der Waals surface area contributed by atoms with Gasteiger partial charge in [0.25, 0.3) is 0 Å². The van der Waals surface area contributed by atoms with Crippen molar-refractivity contribution in [2.75, 3.05) is 14.2 Å². The third-order valence-corrected chi connectivity index (χ3v) is 3.24. The second-order valence-corrected chi connectivity index (χ2v) is 4.34. The second kappa shape index (κ2) is 5.71. The fourth-order valence-electron chi connectivity index (χ4n) is 2.32. The summed E-state index contributed by atoms with van der Waals surface area (Å²) < 4.78 is 5.34. The summed E-state index contributed by atoms with van der Waals surface area (Å²) in [4.78, 5) is 10.9. The van der Waals surface area contributed by atoms with Crippen LogP contribution in [0.5, 0.6) is 5.75 Å². The number of fused-ring (bicyclic) bond motifs is 1. The Hall–Kier alpha value is -2.07. The van der Waals surface area contributed by atoms with Crippen LogP contribution < -0.4 is 10.1 Å². The Morgan fingerprint density at radius 2 is 1.95 bits per heavy atom. The maximum absolute atomic E-state index is 10.9. The molecule has 2 N–H and O–H groups in total. The summed E-state index contributed by atoms with van der Waals surface area (Å²) in [6, 6.07) is 11.4. The predicted octanol–water partition coefficient (Wildman–Crippen LogP) is 2.58. The first kappa shape index (κ1) is 13.4. The maximum Gasteiger partial charge on any atom is 0.305 e. The predicted molar refractivity (Wildman–Crippen MR) is 74.6 cm³/mol. The molecule has 0 fully saturated rings. The van der Waals surface area contributed by atoms with E-state index in [1.165, 1.54) is 0 Å². The number of hydrogen-bond donors (Lipinski definition) is 2. The molecule has 0 aliphatic rings. The molecule has 19 heavy (non-hydrogen) atoms. The van der Waals surface area contributed by atoms with Crippen LogP contribution in [-0.4, -0.2) is 25.2 Å². The van der Waals surface area contributed by atoms with Gasteiger partial charge in [-0.15, -0.1) is 0 Å². The highest BCUT2D eigenvalue weighted by Gasteiger charge is 2.17. The number of hydrogen-bond acceptors (Lipinski definition) is 3. The molecule has 0 amide bonds. The van der Waals surface area contributed by atoms with E-state index < -0.39 is 5.97 Å². The summed E-state index contributed by atoms with van der Waals surface area (Å²) in [5.41, 5.74) is 0.973. The molecule has 2 aromatic rings. The van der Waals surface area contributed by atoms with Gasteiger partial charge >= 0.3 is 5.97 Å². The summed E-state index contributed by atoms with van der Waals surface area (Å²) in [5, 5.41) is 14.1. The van der Waals surface area contributed by atoms with Gasteiger partial charge < -0.3 is 15.2 Å². The van der Waals surface area contributed by atoms with E-state index in [9.17, 15) is 4.79 Å². The Labute approximate surface area is 112 Å². The zero-order valence-electron chi connectivity index (χ0n) is 11.0. The lowest BCUT2D eigenvalue weighted by Crippen LogP contribution is -2.20. The molecule has 1 atom stereocenters. The average Bonchev–Trinajstić information content (AvgIpc) is 2.43. The number of carbonyl (C=O) groups is 1. The van der Waals surface area contributed by atoms with E-state index in [0.29, 0.717) is 0 Å². The molecule has 0 aliphatic carbocycles. The van der Waals surface area contributed by atoms with E-state index in [4.69, 9.17) is 9.84 Å². The molecule has 4 nitrogen and oxygen atoms in total. The SMILES string of the molecule is CNC(CC(=O)O)c1ccc(OC)c2ccccc12. The molecule has 4 heteroatoms. The van der Waals surface area contributed by atoms with Crippen molar-refractivity contribution in [3.63, 3.8) is 0 Å². The quantitative estimate of drug-likeness (QED) is 0.866. The third kappa shape index (κ3) is 2.69. The Morgan fingerprint density at radius 1 is 1.26 bits per heavy atom. The molecule has 2 rings (SSSR count). The molecule has 0 aromatic heterocycles. The lowest BCUT2D eigenvalue weighted by molar-refractivity contribution is -0.137. The first-order valence-corrected chi connectivity index (χ1v) is 6.12. The van der Waals surface area contributed by atoms with Gasteiger partial charge in [-0.2, -0.15) is 0 Å². The molecule has 0 bridgehead atoms. The number of carboxylic acid groups (broad SMARTS) is 1. The first-order chi connectivity index (χ1) is 9.17. The highest BCUT2D eigenvalue weighted by Crippen LogP contribution is 2.32. The van der Waals surface area contributed by atoms with Crippen LogP contribution in [-0.2, 0) is 4.79 Å². The molecule has 0 radical (unpaired) electrons. The van der Waals surface area contributed by atoms with Crippen LogP contribution in [0.15, 0.2) is 36.4 Å². The molecule has 0 spiro atoms. The van der Waals surface area contributed by atoms with E-state index in [0.717, 1.165) is 22.1 Å². The number of benzene rings is 2. The van der Waals surface area contributed by atoms with E-state index in [1.807, 2.05) is 36.4 Å². The largest absolute Gasteiger partial charge is 0.496 e. The highest BCUT2D eigenvalue weighted by atomic mass is 16.5. The van der Waals surface area contributed by atoms with Crippen LogP contribution >= 0.6 is 0 Å². The lowest BCUT2D eigenvalue weighted by atomic mass is 9.96. The minimum absolute atomic E-state index is 0.0484. The standard InChI is InChI=1S/C15H17NO3/c1-16-13(9-15(17)18)11-7-8-14(19-2)12-6-4-3-5-10(11)12/h3-8,13,16H,9H2,1-2H3,(H,17,18). The number of methoxy groups -OCH3 is 1. The number of carboxylic acids is 1. The van der Waals surface area contributed by atoms with Gasteiger partial charge in [-0.05, 0) is 24.1 Å². The van der Waals surface area contributed by atoms with Crippen molar-refractivity contribution in [1.82, 2.24) is 5.32 Å². The zero-order valence-corrected chi connectivity index (χ0v) is 11.0. The Morgan fingerprint density at radius 3 is 2.53 bits per heavy atom. The van der Waals surface area contributed by atoms with Crippen LogP contribution in [0.1, 0.15) is 18.0 Å². The normalized spacial score (nSPS) is 12.3. The highest BCUT2D eigenvalue weighted by molar-refractivity contribution is 5.91. The zero-order chi connectivity index (χ0) is 13.8. The van der Waals surface area contributed by atoms with Gasteiger partial charge in [0.2, 0.25) is 0 Å². The van der Waals surface area contributed by atoms with Crippen LogP contribution in [0, 0.1) is 0 Å². The van der Waals surface area contributed by atoms with Crippen molar-refractivity contribution in [2.45, 2.75) is 12.5 Å². The molecule has 2 aromatic carbocycles. The Kier molecular flexibility index (Phi) is 4.02. The second-order valence-electron chi connectivity index (χ2n) is 4.34. The average molecular weight is 259 g/mol. The van der Waals surface area contributed by atoms with Gasteiger partial charge in [-0.3, -0.25) is 4.79 Å². The van der Waals surface area contributed by atoms with Crippen LogP contribution in [0.25, 0.3) is 10.8 Å². The van der Waals surface area contributed by atoms with E-state index in [1.54, 1.807) is 14.2 Å². The topological polar surface area (TPSA) is 58.6 Å². The van der Waals surface area contributed by atoms with Gasteiger partial charge in [-0.1, -0.05) is 30.3 Å². The summed E-state index contributed by atoms with van der Waals surface area (Å²) in [7, 11) is 3.40. The van der Waals surface area contributed by atoms with Crippen molar-refractivity contribution < 1.29 is 14.6 Å². The van der Waals surface area contributed by atoms with Gasteiger partial charge in [0.1, 0.15) is 5.75 Å². The van der Waals surface area contributed by atoms with Crippen molar-refractivity contribution in [3.05, 3.63) is 42.0 Å². The third-order valence-electron chi connectivity index (χ3n) is 3.24. The fourth-order valence-corrected chi connectivity index (χ4v) is 2.32. The molecule has 0 aliphatic heterocycles. The van der Waals surface area contributed by atoms with E-state index in [2.05, 4.69) is 5.32 Å². The van der Waals surface area contributed by atoms with E-state index >= 15 is 0 Å². The lowest BCUT2D eigenvalue weighted by Gasteiger charge is -2.18. The Bertz CT molecular complexity index is 595. The van der Waals surface area contributed by atoms with E-state index in [-0.39, 0.29) is 12.5 Å². The van der Waals surface area contributed by atoms with Gasteiger partial charge in [0.05, 0.1) is 13.5 Å². The summed E-state index contributed by atoms with van der Waals surface area (Å²) in [6.45, 7) is 0. The molecule has 0 saturated carbocycles. The number of nitrogens with one attached hydrogen (secondary N) is 1. The molecule has 1 unspecified atom stereocenters. The monoisotopic (exact) mass is 259 g/mol.